The molecular formula is C6H14O4. The first kappa shape index (κ1) is 12.1. The predicted molar refractivity (Wildman–Crippen MR) is 36.7 cm³/mol. The number of aliphatic hydroxyl groups is 2. The SMILES string of the molecule is CC(=O)O.CC(C)(O)CO. The second-order valence-electron chi connectivity index (χ2n) is 2.49. The molecule has 0 unspecified atom stereocenters. The van der Waals surface area contributed by atoms with E-state index in [1.807, 2.05) is 0 Å². The summed E-state index contributed by atoms with van der Waals surface area (Å²) in [6.07, 6.45) is 0. The summed E-state index contributed by atoms with van der Waals surface area (Å²) in [5, 5.41) is 24.1. The Hall–Kier alpha value is -0.610. The molecule has 0 saturated carbocycles. The minimum Gasteiger partial charge on any atom is -0.481 e. The first-order chi connectivity index (χ1) is 4.29. The molecule has 0 aromatic rings. The Balaban J connectivity index is 0. The number of carbonyl (C=O) groups is 1. The van der Waals surface area contributed by atoms with Crippen LogP contribution in [0, 0.1) is 0 Å². The van der Waals surface area contributed by atoms with Gasteiger partial charge in [-0.05, 0) is 13.8 Å². The van der Waals surface area contributed by atoms with Crippen molar-refractivity contribution < 1.29 is 20.1 Å². The van der Waals surface area contributed by atoms with Crippen LogP contribution in [0.5, 0.6) is 0 Å². The largest absolute Gasteiger partial charge is 0.481 e. The zero-order valence-electron chi connectivity index (χ0n) is 6.46. The first-order valence-corrected chi connectivity index (χ1v) is 2.82. The Labute approximate surface area is 60.1 Å². The molecule has 0 saturated heterocycles. The van der Waals surface area contributed by atoms with Gasteiger partial charge in [-0.15, -0.1) is 0 Å². The summed E-state index contributed by atoms with van der Waals surface area (Å²) in [7, 11) is 0. The molecule has 0 rings (SSSR count). The van der Waals surface area contributed by atoms with Crippen LogP contribution in [-0.2, 0) is 4.79 Å². The highest BCUT2D eigenvalue weighted by molar-refractivity contribution is 5.62. The number of hydrogen-bond acceptors (Lipinski definition) is 3. The molecule has 3 N–H and O–H groups in total. The summed E-state index contributed by atoms with van der Waals surface area (Å²) in [5.74, 6) is -0.833. The van der Waals surface area contributed by atoms with E-state index < -0.39 is 11.6 Å². The van der Waals surface area contributed by atoms with Crippen LogP contribution in [0.2, 0.25) is 0 Å². The van der Waals surface area contributed by atoms with Crippen LogP contribution in [0.1, 0.15) is 20.8 Å². The standard InChI is InChI=1S/C4H10O2.C2H4O2/c1-4(2,6)3-5;1-2(3)4/h5-6H,3H2,1-2H3;1H3,(H,3,4). The van der Waals surface area contributed by atoms with Crippen molar-refractivity contribution >= 4 is 5.97 Å². The van der Waals surface area contributed by atoms with Crippen molar-refractivity contribution in [2.24, 2.45) is 0 Å². The lowest BCUT2D eigenvalue weighted by molar-refractivity contribution is -0.134. The number of rotatable bonds is 1. The van der Waals surface area contributed by atoms with Gasteiger partial charge in [-0.3, -0.25) is 4.79 Å². The molecule has 0 aliphatic heterocycles. The molecule has 4 heteroatoms. The van der Waals surface area contributed by atoms with E-state index in [0.29, 0.717) is 0 Å². The smallest absolute Gasteiger partial charge is 0.300 e. The Morgan fingerprint density at radius 1 is 1.50 bits per heavy atom. The van der Waals surface area contributed by atoms with Gasteiger partial charge in [0.1, 0.15) is 0 Å². The maximum atomic E-state index is 9.00. The van der Waals surface area contributed by atoms with Gasteiger partial charge in [-0.1, -0.05) is 0 Å². The molecule has 0 aromatic carbocycles. The zero-order valence-corrected chi connectivity index (χ0v) is 6.46. The highest BCUT2D eigenvalue weighted by Crippen LogP contribution is 1.95. The normalized spacial score (nSPS) is 9.70. The number of aliphatic carboxylic acids is 1. The lowest BCUT2D eigenvalue weighted by atomic mass is 10.2. The molecular weight excluding hydrogens is 136 g/mol. The summed E-state index contributed by atoms with van der Waals surface area (Å²) in [6.45, 7) is 4.01. The van der Waals surface area contributed by atoms with E-state index in [2.05, 4.69) is 0 Å². The fourth-order valence-corrected chi connectivity index (χ4v) is 0. The number of hydrogen-bond donors (Lipinski definition) is 3. The lowest BCUT2D eigenvalue weighted by Gasteiger charge is -2.10. The maximum absolute atomic E-state index is 9.00. The summed E-state index contributed by atoms with van der Waals surface area (Å²) in [4.78, 5) is 9.00. The van der Waals surface area contributed by atoms with Crippen molar-refractivity contribution in [1.29, 1.82) is 0 Å². The minimum absolute atomic E-state index is 0.174. The number of carboxylic acids is 1. The molecule has 62 valence electrons. The van der Waals surface area contributed by atoms with Crippen molar-refractivity contribution in [2.45, 2.75) is 26.4 Å². The predicted octanol–water partition coefficient (Wildman–Crippen LogP) is -0.160. The Morgan fingerprint density at radius 2 is 1.60 bits per heavy atom. The van der Waals surface area contributed by atoms with Gasteiger partial charge in [0.15, 0.2) is 0 Å². The average molecular weight is 150 g/mol. The van der Waals surface area contributed by atoms with Crippen LogP contribution >= 0.6 is 0 Å². The van der Waals surface area contributed by atoms with Crippen LogP contribution in [0.15, 0.2) is 0 Å². The van der Waals surface area contributed by atoms with Crippen LogP contribution in [0.25, 0.3) is 0 Å². The lowest BCUT2D eigenvalue weighted by Crippen LogP contribution is -2.23. The van der Waals surface area contributed by atoms with Gasteiger partial charge in [0.05, 0.1) is 12.2 Å². The van der Waals surface area contributed by atoms with E-state index in [1.165, 1.54) is 0 Å². The van der Waals surface area contributed by atoms with Crippen molar-refractivity contribution in [3.8, 4) is 0 Å². The van der Waals surface area contributed by atoms with E-state index in [0.717, 1.165) is 6.92 Å². The van der Waals surface area contributed by atoms with Gasteiger partial charge >= 0.3 is 0 Å². The van der Waals surface area contributed by atoms with Gasteiger partial charge in [-0.25, -0.2) is 0 Å². The van der Waals surface area contributed by atoms with E-state index in [-0.39, 0.29) is 6.61 Å². The Morgan fingerprint density at radius 3 is 1.60 bits per heavy atom. The molecule has 10 heavy (non-hydrogen) atoms. The maximum Gasteiger partial charge on any atom is 0.300 e. The molecule has 0 spiro atoms. The van der Waals surface area contributed by atoms with Gasteiger partial charge in [0, 0.05) is 6.92 Å². The fourth-order valence-electron chi connectivity index (χ4n) is 0. The molecule has 0 bridgehead atoms. The molecule has 0 heterocycles. The molecule has 0 fully saturated rings. The summed E-state index contributed by atoms with van der Waals surface area (Å²) < 4.78 is 0. The van der Waals surface area contributed by atoms with Crippen LogP contribution in [0.4, 0.5) is 0 Å². The molecule has 4 nitrogen and oxygen atoms in total. The molecule has 0 aliphatic carbocycles. The molecule has 0 aliphatic rings. The third kappa shape index (κ3) is 52.8. The van der Waals surface area contributed by atoms with Crippen molar-refractivity contribution in [2.75, 3.05) is 6.61 Å². The van der Waals surface area contributed by atoms with E-state index >= 15 is 0 Å². The Kier molecular flexibility index (Phi) is 6.29. The van der Waals surface area contributed by atoms with E-state index in [9.17, 15) is 0 Å². The third-order valence-corrected chi connectivity index (χ3v) is 0.387. The van der Waals surface area contributed by atoms with Gasteiger partial charge in [0.25, 0.3) is 5.97 Å². The summed E-state index contributed by atoms with van der Waals surface area (Å²) >= 11 is 0. The van der Waals surface area contributed by atoms with Crippen LogP contribution in [0.3, 0.4) is 0 Å². The highest BCUT2D eigenvalue weighted by atomic mass is 16.4. The topological polar surface area (TPSA) is 77.8 Å². The molecule has 0 aromatic heterocycles. The first-order valence-electron chi connectivity index (χ1n) is 2.82. The van der Waals surface area contributed by atoms with Gasteiger partial charge in [0.2, 0.25) is 0 Å². The zero-order chi connectivity index (χ0) is 8.78. The molecule has 0 amide bonds. The fraction of sp³-hybridized carbons (Fsp3) is 0.833. The van der Waals surface area contributed by atoms with Crippen molar-refractivity contribution in [1.82, 2.24) is 0 Å². The van der Waals surface area contributed by atoms with Crippen LogP contribution < -0.4 is 0 Å². The number of carboxylic acid groups (broad SMARTS) is 1. The average Bonchev–Trinajstić information content (AvgIpc) is 1.63. The summed E-state index contributed by atoms with van der Waals surface area (Å²) in [5.41, 5.74) is -0.903. The highest BCUT2D eigenvalue weighted by Gasteiger charge is 2.07. The van der Waals surface area contributed by atoms with E-state index in [1.54, 1.807) is 13.8 Å². The molecule has 0 radical (unpaired) electrons. The summed E-state index contributed by atoms with van der Waals surface area (Å²) in [6, 6.07) is 0. The quantitative estimate of drug-likeness (QED) is 0.485. The van der Waals surface area contributed by atoms with Crippen molar-refractivity contribution in [3.63, 3.8) is 0 Å². The van der Waals surface area contributed by atoms with Crippen LogP contribution in [-0.4, -0.2) is 33.5 Å². The minimum atomic E-state index is -0.903. The molecule has 0 atom stereocenters. The van der Waals surface area contributed by atoms with E-state index in [4.69, 9.17) is 20.1 Å². The van der Waals surface area contributed by atoms with Crippen molar-refractivity contribution in [3.05, 3.63) is 0 Å². The Bertz CT molecular complexity index is 88.4. The third-order valence-electron chi connectivity index (χ3n) is 0.387. The van der Waals surface area contributed by atoms with Gasteiger partial charge < -0.3 is 15.3 Å². The second kappa shape index (κ2) is 5.20. The monoisotopic (exact) mass is 150 g/mol. The number of aliphatic hydroxyl groups excluding tert-OH is 1. The second-order valence-corrected chi connectivity index (χ2v) is 2.49. The van der Waals surface area contributed by atoms with Gasteiger partial charge in [-0.2, -0.15) is 0 Å².